The number of rotatable bonds is 3. The molecule has 2 bridgehead atoms. The molecular weight excluding hydrogens is 306 g/mol. The third kappa shape index (κ3) is 2.33. The molecule has 5 heteroatoms. The maximum atomic E-state index is 5.59. The van der Waals surface area contributed by atoms with E-state index in [1.807, 2.05) is 6.92 Å². The highest BCUT2D eigenvalue weighted by Gasteiger charge is 2.41. The molecule has 0 aromatic carbocycles. The van der Waals surface area contributed by atoms with Gasteiger partial charge in [-0.15, -0.1) is 0 Å². The number of ether oxygens (including phenoxy) is 1. The Balaban J connectivity index is 1.92. The number of hydrogen-bond acceptors (Lipinski definition) is 4. The predicted molar refractivity (Wildman–Crippen MR) is 79.2 cm³/mol. The van der Waals surface area contributed by atoms with Crippen molar-refractivity contribution in [1.29, 1.82) is 0 Å². The van der Waals surface area contributed by atoms with Crippen LogP contribution in [0.2, 0.25) is 0 Å². The second kappa shape index (κ2) is 5.27. The zero-order valence-electron chi connectivity index (χ0n) is 11.5. The minimum atomic E-state index is 0.617. The summed E-state index contributed by atoms with van der Waals surface area (Å²) in [5.74, 6) is 1.80. The maximum Gasteiger partial charge on any atom is 0.221 e. The van der Waals surface area contributed by atoms with Crippen LogP contribution >= 0.6 is 15.9 Å². The fourth-order valence-electron chi connectivity index (χ4n) is 3.42. The molecule has 2 aliphatic heterocycles. The Hall–Kier alpha value is -0.840. The topological polar surface area (TPSA) is 38.3 Å². The first-order chi connectivity index (χ1) is 9.20. The summed E-state index contributed by atoms with van der Waals surface area (Å²) in [6.45, 7) is 4.70. The molecular formula is C14H20BrN3O. The van der Waals surface area contributed by atoms with Crippen LogP contribution in [0.5, 0.6) is 5.88 Å². The number of anilines is 1. The third-order valence-electron chi connectivity index (χ3n) is 4.21. The second-order valence-electron chi connectivity index (χ2n) is 5.42. The summed E-state index contributed by atoms with van der Waals surface area (Å²) >= 11 is 3.78. The molecule has 1 aromatic rings. The highest BCUT2D eigenvalue weighted by molar-refractivity contribution is 9.09. The van der Waals surface area contributed by atoms with Crippen LogP contribution in [-0.2, 0) is 0 Å². The Morgan fingerprint density at radius 3 is 2.63 bits per heavy atom. The summed E-state index contributed by atoms with van der Waals surface area (Å²) in [4.78, 5) is 11.9. The van der Waals surface area contributed by atoms with Gasteiger partial charge in [0, 0.05) is 16.9 Å². The zero-order valence-corrected chi connectivity index (χ0v) is 13.1. The molecule has 0 N–H and O–H groups in total. The van der Waals surface area contributed by atoms with Crippen LogP contribution in [0, 0.1) is 6.92 Å². The van der Waals surface area contributed by atoms with E-state index >= 15 is 0 Å². The van der Waals surface area contributed by atoms with Crippen LogP contribution in [-0.4, -0.2) is 33.5 Å². The number of aromatic nitrogens is 2. The molecule has 3 rings (SSSR count). The van der Waals surface area contributed by atoms with E-state index in [0.29, 0.717) is 23.5 Å². The lowest BCUT2D eigenvalue weighted by molar-refractivity contribution is 0.323. The van der Waals surface area contributed by atoms with Crippen molar-refractivity contribution in [3.05, 3.63) is 11.9 Å². The molecule has 4 nitrogen and oxygen atoms in total. The van der Waals surface area contributed by atoms with E-state index in [2.05, 4.69) is 37.7 Å². The monoisotopic (exact) mass is 325 g/mol. The van der Waals surface area contributed by atoms with Gasteiger partial charge in [0.25, 0.3) is 0 Å². The first kappa shape index (κ1) is 13.2. The first-order valence-electron chi connectivity index (χ1n) is 7.07. The van der Waals surface area contributed by atoms with Crippen molar-refractivity contribution in [2.45, 2.75) is 56.4 Å². The molecule has 1 aromatic heterocycles. The predicted octanol–water partition coefficient (Wildman–Crippen LogP) is 3.08. The Morgan fingerprint density at radius 1 is 1.32 bits per heavy atom. The van der Waals surface area contributed by atoms with Gasteiger partial charge < -0.3 is 9.64 Å². The van der Waals surface area contributed by atoms with Gasteiger partial charge in [0.2, 0.25) is 5.88 Å². The summed E-state index contributed by atoms with van der Waals surface area (Å²) in [6.07, 6.45) is 6.61. The highest BCUT2D eigenvalue weighted by Crippen LogP contribution is 2.42. The average molecular weight is 326 g/mol. The van der Waals surface area contributed by atoms with Crippen LogP contribution < -0.4 is 9.64 Å². The third-order valence-corrected chi connectivity index (χ3v) is 4.96. The number of nitrogens with zero attached hydrogens (tertiary/aromatic N) is 3. The molecule has 3 heterocycles. The highest BCUT2D eigenvalue weighted by atomic mass is 79.9. The quantitative estimate of drug-likeness (QED) is 0.800. The molecule has 19 heavy (non-hydrogen) atoms. The zero-order chi connectivity index (χ0) is 13.4. The van der Waals surface area contributed by atoms with Crippen molar-refractivity contribution in [3.8, 4) is 5.88 Å². The summed E-state index contributed by atoms with van der Waals surface area (Å²) in [5, 5.41) is 0. The van der Waals surface area contributed by atoms with Gasteiger partial charge in [-0.3, -0.25) is 0 Å². The first-order valence-corrected chi connectivity index (χ1v) is 7.99. The van der Waals surface area contributed by atoms with Crippen molar-refractivity contribution >= 4 is 21.7 Å². The summed E-state index contributed by atoms with van der Waals surface area (Å²) in [7, 11) is 0. The van der Waals surface area contributed by atoms with E-state index in [1.165, 1.54) is 25.7 Å². The maximum absolute atomic E-state index is 5.59. The molecule has 2 saturated heterocycles. The molecule has 0 radical (unpaired) electrons. The molecule has 104 valence electrons. The lowest BCUT2D eigenvalue weighted by atomic mass is 10.0. The Kier molecular flexibility index (Phi) is 3.65. The van der Waals surface area contributed by atoms with E-state index in [0.717, 1.165) is 17.3 Å². The Morgan fingerprint density at radius 2 is 2.00 bits per heavy atom. The fourth-order valence-corrected chi connectivity index (χ4v) is 4.29. The Labute approximate surface area is 122 Å². The minimum Gasteiger partial charge on any atom is -0.478 e. The summed E-state index contributed by atoms with van der Waals surface area (Å²) in [6, 6.07) is 1.23. The lowest BCUT2D eigenvalue weighted by Gasteiger charge is -2.38. The van der Waals surface area contributed by atoms with Crippen molar-refractivity contribution in [2.24, 2.45) is 0 Å². The van der Waals surface area contributed by atoms with Crippen molar-refractivity contribution < 1.29 is 4.74 Å². The van der Waals surface area contributed by atoms with Gasteiger partial charge in [0.05, 0.1) is 12.2 Å². The largest absolute Gasteiger partial charge is 0.478 e. The molecule has 0 saturated carbocycles. The van der Waals surface area contributed by atoms with E-state index in [-0.39, 0.29) is 0 Å². The van der Waals surface area contributed by atoms with Crippen LogP contribution in [0.1, 0.15) is 38.2 Å². The molecule has 0 amide bonds. The number of fused-ring (bicyclic) bond motifs is 2. The molecule has 2 fully saturated rings. The van der Waals surface area contributed by atoms with Crippen molar-refractivity contribution in [1.82, 2.24) is 9.97 Å². The fraction of sp³-hybridized carbons (Fsp3) is 0.714. The van der Waals surface area contributed by atoms with Gasteiger partial charge in [0.15, 0.2) is 0 Å². The van der Waals surface area contributed by atoms with Gasteiger partial charge in [-0.1, -0.05) is 15.9 Å². The van der Waals surface area contributed by atoms with Gasteiger partial charge in [-0.2, -0.15) is 0 Å². The van der Waals surface area contributed by atoms with Crippen LogP contribution in [0.4, 0.5) is 5.82 Å². The van der Waals surface area contributed by atoms with Crippen LogP contribution in [0.3, 0.4) is 0 Å². The van der Waals surface area contributed by atoms with E-state index in [9.17, 15) is 0 Å². The van der Waals surface area contributed by atoms with Gasteiger partial charge in [-0.25, -0.2) is 9.97 Å². The minimum absolute atomic E-state index is 0.617. The lowest BCUT2D eigenvalue weighted by Crippen LogP contribution is -2.44. The second-order valence-corrected chi connectivity index (χ2v) is 6.72. The summed E-state index contributed by atoms with van der Waals surface area (Å²) < 4.78 is 5.59. The molecule has 0 spiro atoms. The van der Waals surface area contributed by atoms with Crippen LogP contribution in [0.15, 0.2) is 6.33 Å². The molecule has 2 aliphatic rings. The van der Waals surface area contributed by atoms with E-state index in [4.69, 9.17) is 4.74 Å². The summed E-state index contributed by atoms with van der Waals surface area (Å²) in [5.41, 5.74) is 1.08. The smallest absolute Gasteiger partial charge is 0.221 e. The molecule has 0 aliphatic carbocycles. The van der Waals surface area contributed by atoms with E-state index in [1.54, 1.807) is 6.33 Å². The standard InChI is InChI=1S/C14H20BrN3O/c1-3-19-14-9(2)13(16-8-17-14)18-11-4-5-12(18)7-10(15)6-11/h8,10-12H,3-7H2,1-2H3. The van der Waals surface area contributed by atoms with E-state index < -0.39 is 0 Å². The van der Waals surface area contributed by atoms with Crippen molar-refractivity contribution in [2.75, 3.05) is 11.5 Å². The van der Waals surface area contributed by atoms with Gasteiger partial charge in [0.1, 0.15) is 12.1 Å². The molecule has 2 atom stereocenters. The average Bonchev–Trinajstić information content (AvgIpc) is 2.65. The molecule has 2 unspecified atom stereocenters. The van der Waals surface area contributed by atoms with Crippen molar-refractivity contribution in [3.63, 3.8) is 0 Å². The number of alkyl halides is 1. The number of halogens is 1. The SMILES string of the molecule is CCOc1ncnc(N2C3CCC2CC(Br)C3)c1C. The van der Waals surface area contributed by atoms with Crippen LogP contribution in [0.25, 0.3) is 0 Å². The number of hydrogen-bond donors (Lipinski definition) is 0. The van der Waals surface area contributed by atoms with Gasteiger partial charge >= 0.3 is 0 Å². The number of piperidine rings is 1. The Bertz CT molecular complexity index is 454. The normalized spacial score (nSPS) is 29.6. The van der Waals surface area contributed by atoms with Gasteiger partial charge in [-0.05, 0) is 39.5 Å².